The van der Waals surface area contributed by atoms with Crippen LogP contribution >= 0.6 is 23.2 Å². The summed E-state index contributed by atoms with van der Waals surface area (Å²) in [6, 6.07) is 6.78. The van der Waals surface area contributed by atoms with Gasteiger partial charge in [0.25, 0.3) is 0 Å². The van der Waals surface area contributed by atoms with E-state index in [-0.39, 0.29) is 6.61 Å². The smallest absolute Gasteiger partial charge is 0.164 e. The summed E-state index contributed by atoms with van der Waals surface area (Å²) in [6.07, 6.45) is -0.367. The van der Waals surface area contributed by atoms with Gasteiger partial charge in [0, 0.05) is 11.2 Å². The molecule has 0 radical (unpaired) electrons. The molecule has 3 aromatic rings. The molecule has 1 aromatic carbocycles. The number of benzene rings is 1. The molecule has 0 amide bonds. The van der Waals surface area contributed by atoms with Crippen molar-refractivity contribution >= 4 is 34.2 Å². The maximum atomic E-state index is 11.3. The number of rotatable bonds is 4. The molecule has 1 unspecified atom stereocenters. The maximum Gasteiger partial charge on any atom is 0.164 e. The molecule has 0 saturated carbocycles. The first-order valence-electron chi connectivity index (χ1n) is 9.84. The average molecular weight is 466 g/mol. The molecule has 0 aliphatic carbocycles. The second kappa shape index (κ2) is 7.67. The van der Waals surface area contributed by atoms with Crippen molar-refractivity contribution in [2.75, 3.05) is 0 Å². The lowest BCUT2D eigenvalue weighted by atomic mass is 9.95. The molecule has 164 valence electrons. The Morgan fingerprint density at radius 3 is 2.71 bits per heavy atom. The summed E-state index contributed by atoms with van der Waals surface area (Å²) in [5.74, 6) is -0.862. The molecule has 2 fully saturated rings. The van der Waals surface area contributed by atoms with Crippen molar-refractivity contribution < 1.29 is 24.4 Å². The summed E-state index contributed by atoms with van der Waals surface area (Å²) in [6.45, 7) is 3.39. The lowest BCUT2D eigenvalue weighted by molar-refractivity contribution is -0.207. The maximum absolute atomic E-state index is 11.3. The zero-order chi connectivity index (χ0) is 21.9. The van der Waals surface area contributed by atoms with E-state index in [1.54, 1.807) is 24.4 Å². The molecule has 8 nitrogen and oxygen atoms in total. The van der Waals surface area contributed by atoms with E-state index in [0.29, 0.717) is 32.3 Å². The van der Waals surface area contributed by atoms with Crippen molar-refractivity contribution in [2.24, 2.45) is 0 Å². The molecule has 5 atom stereocenters. The van der Waals surface area contributed by atoms with Gasteiger partial charge >= 0.3 is 0 Å². The van der Waals surface area contributed by atoms with Gasteiger partial charge in [-0.3, -0.25) is 0 Å². The Bertz CT molecular complexity index is 1140. The van der Waals surface area contributed by atoms with Gasteiger partial charge in [-0.1, -0.05) is 29.3 Å². The number of aromatic nitrogens is 3. The molecular formula is C21H21Cl2N3O5. The van der Waals surface area contributed by atoms with Gasteiger partial charge in [-0.2, -0.15) is 0 Å². The molecule has 4 heterocycles. The fraction of sp³-hybridized carbons (Fsp3) is 0.429. The molecule has 2 saturated heterocycles. The number of aliphatic hydroxyl groups is 2. The summed E-state index contributed by atoms with van der Waals surface area (Å²) in [7, 11) is 0. The van der Waals surface area contributed by atoms with E-state index in [9.17, 15) is 10.2 Å². The van der Waals surface area contributed by atoms with Crippen LogP contribution < -0.4 is 0 Å². The normalized spacial score (nSPS) is 28.2. The van der Waals surface area contributed by atoms with E-state index in [1.807, 2.05) is 24.5 Å². The summed E-state index contributed by atoms with van der Waals surface area (Å²) in [5, 5.41) is 22.5. The zero-order valence-electron chi connectivity index (χ0n) is 16.8. The lowest BCUT2D eigenvalue weighted by Crippen LogP contribution is -2.34. The predicted octanol–water partition coefficient (Wildman–Crippen LogP) is 3.38. The van der Waals surface area contributed by atoms with E-state index in [4.69, 9.17) is 37.4 Å². The molecule has 2 aliphatic heterocycles. The highest BCUT2D eigenvalue weighted by Crippen LogP contribution is 2.47. The molecule has 5 rings (SSSR count). The van der Waals surface area contributed by atoms with E-state index in [2.05, 4.69) is 9.97 Å². The van der Waals surface area contributed by atoms with Crippen LogP contribution in [-0.2, 0) is 20.8 Å². The monoisotopic (exact) mass is 465 g/mol. The number of fused-ring (bicyclic) bond motifs is 2. The number of halogens is 2. The van der Waals surface area contributed by atoms with Crippen molar-refractivity contribution in [3.63, 3.8) is 0 Å². The number of nitrogens with zero attached hydrogens (tertiary/aromatic N) is 3. The summed E-state index contributed by atoms with van der Waals surface area (Å²) >= 11 is 12.4. The minimum absolute atomic E-state index is 0.242. The van der Waals surface area contributed by atoms with Crippen LogP contribution in [0.2, 0.25) is 10.2 Å². The van der Waals surface area contributed by atoms with Crippen LogP contribution in [0.5, 0.6) is 0 Å². The van der Waals surface area contributed by atoms with E-state index < -0.39 is 36.4 Å². The number of ether oxygens (including phenoxy) is 3. The zero-order valence-corrected chi connectivity index (χ0v) is 18.3. The van der Waals surface area contributed by atoms with Gasteiger partial charge in [0.2, 0.25) is 0 Å². The average Bonchev–Trinajstić information content (AvgIpc) is 3.38. The van der Waals surface area contributed by atoms with Crippen molar-refractivity contribution in [1.82, 2.24) is 14.5 Å². The Morgan fingerprint density at radius 2 is 1.94 bits per heavy atom. The molecule has 10 heteroatoms. The highest BCUT2D eigenvalue weighted by atomic mass is 35.5. The Hall–Kier alpha value is -1.78. The topological polar surface area (TPSA) is 98.9 Å². The molecule has 2 N–H and O–H groups in total. The number of aliphatic hydroxyl groups excluding tert-OH is 2. The fourth-order valence-corrected chi connectivity index (χ4v) is 4.76. The highest BCUT2D eigenvalue weighted by molar-refractivity contribution is 6.33. The molecule has 0 bridgehead atoms. The van der Waals surface area contributed by atoms with Crippen molar-refractivity contribution in [3.8, 4) is 0 Å². The Morgan fingerprint density at radius 1 is 1.16 bits per heavy atom. The van der Waals surface area contributed by atoms with Crippen molar-refractivity contribution in [2.45, 2.75) is 56.9 Å². The third kappa shape index (κ3) is 3.52. The first-order chi connectivity index (χ1) is 14.8. The number of hydrogen-bond donors (Lipinski definition) is 2. The van der Waals surface area contributed by atoms with E-state index >= 15 is 0 Å². The Balaban J connectivity index is 1.56. The van der Waals surface area contributed by atoms with Gasteiger partial charge in [-0.25, -0.2) is 9.97 Å². The van der Waals surface area contributed by atoms with Crippen LogP contribution in [0, 0.1) is 0 Å². The van der Waals surface area contributed by atoms with E-state index in [0.717, 1.165) is 0 Å². The lowest BCUT2D eigenvalue weighted by Gasteiger charge is -2.28. The van der Waals surface area contributed by atoms with Gasteiger partial charge < -0.3 is 29.0 Å². The minimum Gasteiger partial charge on any atom is -0.392 e. The van der Waals surface area contributed by atoms with Gasteiger partial charge in [-0.15, -0.1) is 0 Å². The van der Waals surface area contributed by atoms with Crippen LogP contribution in [-0.4, -0.2) is 48.8 Å². The standard InChI is InChI=1S/C21H21Cl2N3O5/c1-21(2)30-16-15(14(28)13-7-11(22)4-3-10(13)8-27)29-20(17(16)31-21)26-6-5-12-18(23)24-9-25-19(12)26/h3-7,9,14-17,20,27-28H,8H2,1-2H3/t14?,15-,16-,17-,20-/m1/s1. The van der Waals surface area contributed by atoms with Crippen molar-refractivity contribution in [3.05, 3.63) is 58.1 Å². The Labute approximate surface area is 188 Å². The third-order valence-corrected chi connectivity index (χ3v) is 6.24. The van der Waals surface area contributed by atoms with Crippen LogP contribution in [0.15, 0.2) is 36.8 Å². The summed E-state index contributed by atoms with van der Waals surface area (Å²) in [4.78, 5) is 8.36. The second-order valence-corrected chi connectivity index (χ2v) is 8.92. The largest absolute Gasteiger partial charge is 0.392 e. The third-order valence-electron chi connectivity index (χ3n) is 5.71. The first-order valence-corrected chi connectivity index (χ1v) is 10.6. The Kier molecular flexibility index (Phi) is 5.22. The van der Waals surface area contributed by atoms with Gasteiger partial charge in [0.15, 0.2) is 12.0 Å². The fourth-order valence-electron chi connectivity index (χ4n) is 4.39. The minimum atomic E-state index is -1.10. The molecular weight excluding hydrogens is 445 g/mol. The van der Waals surface area contributed by atoms with E-state index in [1.165, 1.54) is 6.33 Å². The van der Waals surface area contributed by atoms with Crippen LogP contribution in [0.25, 0.3) is 11.0 Å². The number of hydrogen-bond acceptors (Lipinski definition) is 7. The molecule has 31 heavy (non-hydrogen) atoms. The summed E-state index contributed by atoms with van der Waals surface area (Å²) in [5.41, 5.74) is 1.63. The van der Waals surface area contributed by atoms with Crippen LogP contribution in [0.4, 0.5) is 0 Å². The summed E-state index contributed by atoms with van der Waals surface area (Å²) < 4.78 is 20.4. The van der Waals surface area contributed by atoms with Gasteiger partial charge in [0.1, 0.15) is 41.5 Å². The second-order valence-electron chi connectivity index (χ2n) is 8.13. The molecule has 0 spiro atoms. The van der Waals surface area contributed by atoms with Crippen molar-refractivity contribution in [1.29, 1.82) is 0 Å². The van der Waals surface area contributed by atoms with Crippen LogP contribution in [0.1, 0.15) is 37.3 Å². The quantitative estimate of drug-likeness (QED) is 0.569. The molecule has 2 aromatic heterocycles. The van der Waals surface area contributed by atoms with Gasteiger partial charge in [0.05, 0.1) is 12.0 Å². The first kappa shape index (κ1) is 21.1. The van der Waals surface area contributed by atoms with Gasteiger partial charge in [-0.05, 0) is 43.2 Å². The highest BCUT2D eigenvalue weighted by Gasteiger charge is 2.58. The molecule has 2 aliphatic rings. The predicted molar refractivity (Wildman–Crippen MR) is 113 cm³/mol. The SMILES string of the molecule is CC1(C)O[C@@H]2[C@H](O1)[C@@H](C(O)c1cc(Cl)ccc1CO)O[C@H]2n1ccc2c(Cl)ncnc21. The van der Waals surface area contributed by atoms with Crippen LogP contribution in [0.3, 0.4) is 0 Å².